The van der Waals surface area contributed by atoms with E-state index in [-0.39, 0.29) is 0 Å². The van der Waals surface area contributed by atoms with E-state index in [1.807, 2.05) is 24.3 Å². The Morgan fingerprint density at radius 1 is 1.27 bits per heavy atom. The summed E-state index contributed by atoms with van der Waals surface area (Å²) in [5, 5.41) is 11.9. The quantitative estimate of drug-likeness (QED) is 0.569. The van der Waals surface area contributed by atoms with Crippen molar-refractivity contribution in [3.63, 3.8) is 0 Å². The van der Waals surface area contributed by atoms with Crippen LogP contribution in [0.3, 0.4) is 0 Å². The molecule has 0 amide bonds. The fraction of sp³-hybridized carbons (Fsp3) is 0. The summed E-state index contributed by atoms with van der Waals surface area (Å²) >= 11 is 11.1. The van der Waals surface area contributed by atoms with Gasteiger partial charge in [-0.25, -0.2) is 5.10 Å². The molecule has 0 radical (unpaired) electrons. The Labute approximate surface area is 136 Å². The standard InChI is InChI=1S/C15H11ClN4OS/c16-12-7-5-11(6-8-12)14-18-19-15(22)20(14)17-9-1-3-13-4-2-10-21-13/h1-10H,(H,19,22). The number of furan rings is 1. The summed E-state index contributed by atoms with van der Waals surface area (Å²) < 4.78 is 7.15. The zero-order valence-electron chi connectivity index (χ0n) is 11.3. The number of nitrogens with one attached hydrogen (secondary N) is 1. The first-order chi connectivity index (χ1) is 10.7. The van der Waals surface area contributed by atoms with Crippen LogP contribution >= 0.6 is 23.8 Å². The molecule has 0 bridgehead atoms. The minimum Gasteiger partial charge on any atom is -0.465 e. The van der Waals surface area contributed by atoms with E-state index < -0.39 is 0 Å². The van der Waals surface area contributed by atoms with E-state index in [0.717, 1.165) is 11.3 Å². The van der Waals surface area contributed by atoms with Crippen LogP contribution in [0.15, 0.2) is 58.3 Å². The van der Waals surface area contributed by atoms with Gasteiger partial charge < -0.3 is 4.42 Å². The van der Waals surface area contributed by atoms with E-state index in [4.69, 9.17) is 28.2 Å². The van der Waals surface area contributed by atoms with Crippen molar-refractivity contribution in [2.75, 3.05) is 0 Å². The molecule has 3 rings (SSSR count). The van der Waals surface area contributed by atoms with Crippen molar-refractivity contribution in [2.45, 2.75) is 0 Å². The number of nitrogens with zero attached hydrogens (tertiary/aromatic N) is 3. The maximum atomic E-state index is 5.89. The number of aromatic nitrogens is 3. The molecule has 22 heavy (non-hydrogen) atoms. The molecule has 0 aliphatic carbocycles. The van der Waals surface area contributed by atoms with Crippen molar-refractivity contribution in [2.24, 2.45) is 5.10 Å². The van der Waals surface area contributed by atoms with Crippen molar-refractivity contribution >= 4 is 36.1 Å². The molecule has 110 valence electrons. The number of hydrogen-bond donors (Lipinski definition) is 1. The van der Waals surface area contributed by atoms with Gasteiger partial charge in [0.25, 0.3) is 0 Å². The predicted molar refractivity (Wildman–Crippen MR) is 89.5 cm³/mol. The fourth-order valence-corrected chi connectivity index (χ4v) is 2.12. The van der Waals surface area contributed by atoms with E-state index in [2.05, 4.69) is 15.3 Å². The number of aromatic amines is 1. The third-order valence-electron chi connectivity index (χ3n) is 2.82. The van der Waals surface area contributed by atoms with Gasteiger partial charge in [-0.2, -0.15) is 14.9 Å². The molecule has 0 aliphatic rings. The summed E-state index contributed by atoms with van der Waals surface area (Å²) in [4.78, 5) is 0. The van der Waals surface area contributed by atoms with Crippen molar-refractivity contribution in [3.05, 3.63) is 64.3 Å². The molecule has 5 nitrogen and oxygen atoms in total. The van der Waals surface area contributed by atoms with Crippen LogP contribution in [0.5, 0.6) is 0 Å². The smallest absolute Gasteiger partial charge is 0.216 e. The molecular weight excluding hydrogens is 320 g/mol. The Balaban J connectivity index is 1.86. The number of hydrogen-bond acceptors (Lipinski definition) is 4. The zero-order valence-corrected chi connectivity index (χ0v) is 12.9. The van der Waals surface area contributed by atoms with Gasteiger partial charge in [-0.3, -0.25) is 0 Å². The van der Waals surface area contributed by atoms with Crippen LogP contribution in [0.4, 0.5) is 0 Å². The first kappa shape index (κ1) is 14.5. The molecule has 0 saturated heterocycles. The summed E-state index contributed by atoms with van der Waals surface area (Å²) in [7, 11) is 0. The number of allylic oxidation sites excluding steroid dienone is 1. The van der Waals surface area contributed by atoms with Gasteiger partial charge in [0.2, 0.25) is 4.77 Å². The highest BCUT2D eigenvalue weighted by Crippen LogP contribution is 2.19. The van der Waals surface area contributed by atoms with Crippen molar-refractivity contribution < 1.29 is 4.42 Å². The molecule has 0 unspecified atom stereocenters. The third kappa shape index (κ3) is 3.24. The van der Waals surface area contributed by atoms with Crippen molar-refractivity contribution in [1.29, 1.82) is 0 Å². The number of rotatable bonds is 4. The van der Waals surface area contributed by atoms with E-state index in [1.165, 1.54) is 0 Å². The van der Waals surface area contributed by atoms with Gasteiger partial charge in [-0.05, 0) is 60.8 Å². The molecule has 1 aromatic carbocycles. The predicted octanol–water partition coefficient (Wildman–Crippen LogP) is 4.40. The zero-order chi connectivity index (χ0) is 15.4. The van der Waals surface area contributed by atoms with E-state index in [9.17, 15) is 0 Å². The van der Waals surface area contributed by atoms with Crippen LogP contribution in [0.25, 0.3) is 17.5 Å². The Hall–Kier alpha value is -2.44. The molecule has 0 atom stereocenters. The first-order valence-corrected chi connectivity index (χ1v) is 7.20. The second-order valence-electron chi connectivity index (χ2n) is 4.31. The lowest BCUT2D eigenvalue weighted by atomic mass is 10.2. The molecule has 0 aliphatic heterocycles. The van der Waals surface area contributed by atoms with Crippen LogP contribution in [-0.4, -0.2) is 21.1 Å². The summed E-state index contributed by atoms with van der Waals surface area (Å²) in [6, 6.07) is 11.0. The van der Waals surface area contributed by atoms with Gasteiger partial charge in [0, 0.05) is 16.8 Å². The molecular formula is C15H11ClN4OS. The van der Waals surface area contributed by atoms with Gasteiger partial charge in [0.1, 0.15) is 5.76 Å². The van der Waals surface area contributed by atoms with Crippen LogP contribution < -0.4 is 0 Å². The molecule has 0 fully saturated rings. The Morgan fingerprint density at radius 3 is 2.82 bits per heavy atom. The molecule has 3 aromatic rings. The molecule has 1 N–H and O–H groups in total. The molecule has 7 heteroatoms. The highest BCUT2D eigenvalue weighted by molar-refractivity contribution is 7.71. The minimum absolute atomic E-state index is 0.410. The minimum atomic E-state index is 0.410. The molecule has 2 aromatic heterocycles. The lowest BCUT2D eigenvalue weighted by Crippen LogP contribution is -1.93. The largest absolute Gasteiger partial charge is 0.465 e. The van der Waals surface area contributed by atoms with Crippen LogP contribution in [0, 0.1) is 4.77 Å². The lowest BCUT2D eigenvalue weighted by Gasteiger charge is -2.00. The first-order valence-electron chi connectivity index (χ1n) is 6.42. The van der Waals surface area contributed by atoms with E-state index in [1.54, 1.807) is 41.4 Å². The second-order valence-corrected chi connectivity index (χ2v) is 5.13. The normalized spacial score (nSPS) is 11.7. The topological polar surface area (TPSA) is 59.1 Å². The SMILES string of the molecule is S=c1[nH]nc(-c2ccc(Cl)cc2)n1N=CC=Cc1ccco1. The Morgan fingerprint density at radius 2 is 2.09 bits per heavy atom. The second kappa shape index (κ2) is 6.55. The van der Waals surface area contributed by atoms with E-state index >= 15 is 0 Å². The van der Waals surface area contributed by atoms with Crippen LogP contribution in [-0.2, 0) is 0 Å². The average molecular weight is 331 g/mol. The maximum Gasteiger partial charge on any atom is 0.216 e. The van der Waals surface area contributed by atoms with Gasteiger partial charge in [-0.15, -0.1) is 0 Å². The van der Waals surface area contributed by atoms with E-state index in [0.29, 0.717) is 15.6 Å². The summed E-state index contributed by atoms with van der Waals surface area (Å²) in [5.41, 5.74) is 0.865. The van der Waals surface area contributed by atoms with Gasteiger partial charge in [-0.1, -0.05) is 11.6 Å². The number of halogens is 1. The molecule has 2 heterocycles. The highest BCUT2D eigenvalue weighted by Gasteiger charge is 2.07. The summed E-state index contributed by atoms with van der Waals surface area (Å²) in [6.07, 6.45) is 6.79. The highest BCUT2D eigenvalue weighted by atomic mass is 35.5. The van der Waals surface area contributed by atoms with Crippen LogP contribution in [0.1, 0.15) is 5.76 Å². The third-order valence-corrected chi connectivity index (χ3v) is 3.34. The van der Waals surface area contributed by atoms with Gasteiger partial charge >= 0.3 is 0 Å². The maximum absolute atomic E-state index is 5.89. The van der Waals surface area contributed by atoms with Gasteiger partial charge in [0.15, 0.2) is 5.82 Å². The fourth-order valence-electron chi connectivity index (χ4n) is 1.81. The summed E-state index contributed by atoms with van der Waals surface area (Å²) in [5.74, 6) is 1.37. The van der Waals surface area contributed by atoms with Crippen molar-refractivity contribution in [3.8, 4) is 11.4 Å². The summed E-state index contributed by atoms with van der Waals surface area (Å²) in [6.45, 7) is 0. The monoisotopic (exact) mass is 330 g/mol. The van der Waals surface area contributed by atoms with Gasteiger partial charge in [0.05, 0.1) is 6.26 Å². The van der Waals surface area contributed by atoms with Crippen molar-refractivity contribution in [1.82, 2.24) is 14.9 Å². The Kier molecular flexibility index (Phi) is 4.32. The Bertz CT molecular complexity index is 860. The molecule has 0 saturated carbocycles. The number of benzene rings is 1. The number of H-pyrrole nitrogens is 1. The lowest BCUT2D eigenvalue weighted by molar-refractivity contribution is 0.557. The average Bonchev–Trinajstić information content (AvgIpc) is 3.15. The van der Waals surface area contributed by atoms with Crippen LogP contribution in [0.2, 0.25) is 5.02 Å². The molecule has 0 spiro atoms.